The number of nitrogens with zero attached hydrogens (tertiary/aromatic N) is 2. The smallest absolute Gasteiger partial charge is 0.246 e. The number of nitrogens with one attached hydrogen (secondary N) is 2. The van der Waals surface area contributed by atoms with Gasteiger partial charge in [0.15, 0.2) is 0 Å². The van der Waals surface area contributed by atoms with Gasteiger partial charge in [-0.3, -0.25) is 4.79 Å². The van der Waals surface area contributed by atoms with Gasteiger partial charge in [-0.05, 0) is 50.1 Å². The summed E-state index contributed by atoms with van der Waals surface area (Å²) in [5.74, 6) is 0.551. The van der Waals surface area contributed by atoms with Crippen molar-refractivity contribution in [2.24, 2.45) is 0 Å². The summed E-state index contributed by atoms with van der Waals surface area (Å²) >= 11 is 0. The SMILES string of the molecule is Cc1ccc(C)c(NC(=O)C(C)Nc2ncnc3ccccc23)c1. The Morgan fingerprint density at radius 1 is 1.08 bits per heavy atom. The molecule has 0 aliphatic heterocycles. The molecule has 5 nitrogen and oxygen atoms in total. The van der Waals surface area contributed by atoms with Crippen LogP contribution in [0.4, 0.5) is 11.5 Å². The number of rotatable bonds is 4. The van der Waals surface area contributed by atoms with Crippen molar-refractivity contribution in [3.8, 4) is 0 Å². The summed E-state index contributed by atoms with van der Waals surface area (Å²) in [6.07, 6.45) is 1.50. The van der Waals surface area contributed by atoms with Gasteiger partial charge in [-0.1, -0.05) is 24.3 Å². The predicted molar refractivity (Wildman–Crippen MR) is 97.2 cm³/mol. The van der Waals surface area contributed by atoms with Crippen LogP contribution in [0, 0.1) is 13.8 Å². The van der Waals surface area contributed by atoms with Crippen LogP contribution in [-0.2, 0) is 4.79 Å². The summed E-state index contributed by atoms with van der Waals surface area (Å²) < 4.78 is 0. The second-order valence-electron chi connectivity index (χ2n) is 5.91. The minimum Gasteiger partial charge on any atom is -0.358 e. The van der Waals surface area contributed by atoms with Crippen molar-refractivity contribution >= 4 is 28.3 Å². The van der Waals surface area contributed by atoms with E-state index in [0.29, 0.717) is 5.82 Å². The van der Waals surface area contributed by atoms with Crippen LogP contribution in [0.2, 0.25) is 0 Å². The molecule has 1 aromatic heterocycles. The molecule has 3 aromatic rings. The van der Waals surface area contributed by atoms with Crippen LogP contribution >= 0.6 is 0 Å². The third-order valence-corrected chi connectivity index (χ3v) is 3.94. The number of aryl methyl sites for hydroxylation is 2. The third kappa shape index (κ3) is 3.35. The van der Waals surface area contributed by atoms with Crippen LogP contribution in [0.15, 0.2) is 48.8 Å². The molecule has 5 heteroatoms. The van der Waals surface area contributed by atoms with E-state index in [1.54, 1.807) is 0 Å². The van der Waals surface area contributed by atoms with Gasteiger partial charge in [0.05, 0.1) is 5.52 Å². The number of para-hydroxylation sites is 1. The number of carbonyl (C=O) groups excluding carboxylic acids is 1. The summed E-state index contributed by atoms with van der Waals surface area (Å²) in [6.45, 7) is 5.80. The highest BCUT2D eigenvalue weighted by atomic mass is 16.2. The maximum Gasteiger partial charge on any atom is 0.246 e. The number of hydrogen-bond donors (Lipinski definition) is 2. The molecule has 1 atom stereocenters. The molecule has 122 valence electrons. The molecule has 0 saturated carbocycles. The van der Waals surface area contributed by atoms with Crippen LogP contribution in [0.25, 0.3) is 10.9 Å². The average Bonchev–Trinajstić information content (AvgIpc) is 2.58. The zero-order valence-electron chi connectivity index (χ0n) is 14.0. The Kier molecular flexibility index (Phi) is 4.42. The maximum atomic E-state index is 12.5. The van der Waals surface area contributed by atoms with Gasteiger partial charge in [-0.25, -0.2) is 9.97 Å². The molecular weight excluding hydrogens is 300 g/mol. The van der Waals surface area contributed by atoms with Crippen LogP contribution in [-0.4, -0.2) is 21.9 Å². The van der Waals surface area contributed by atoms with Gasteiger partial charge in [0.2, 0.25) is 5.91 Å². The lowest BCUT2D eigenvalue weighted by Gasteiger charge is -2.17. The number of benzene rings is 2. The molecule has 0 spiro atoms. The highest BCUT2D eigenvalue weighted by Gasteiger charge is 2.15. The number of amides is 1. The van der Waals surface area contributed by atoms with Gasteiger partial charge in [-0.2, -0.15) is 0 Å². The standard InChI is InChI=1S/C19H20N4O/c1-12-8-9-13(2)17(10-12)23-19(24)14(3)22-18-15-6-4-5-7-16(15)20-11-21-18/h4-11,14H,1-3H3,(H,23,24)(H,20,21,22). The molecule has 24 heavy (non-hydrogen) atoms. The van der Waals surface area contributed by atoms with Crippen molar-refractivity contribution in [2.75, 3.05) is 10.6 Å². The molecule has 0 fully saturated rings. The van der Waals surface area contributed by atoms with Gasteiger partial charge in [0.1, 0.15) is 18.2 Å². The van der Waals surface area contributed by atoms with Crippen LogP contribution in [0.3, 0.4) is 0 Å². The predicted octanol–water partition coefficient (Wildman–Crippen LogP) is 3.69. The van der Waals surface area contributed by atoms with Crippen molar-refractivity contribution in [1.82, 2.24) is 9.97 Å². The first-order valence-corrected chi connectivity index (χ1v) is 7.89. The lowest BCUT2D eigenvalue weighted by atomic mass is 10.1. The summed E-state index contributed by atoms with van der Waals surface area (Å²) in [7, 11) is 0. The lowest BCUT2D eigenvalue weighted by Crippen LogP contribution is -2.32. The van der Waals surface area contributed by atoms with E-state index in [-0.39, 0.29) is 5.91 Å². The molecule has 0 radical (unpaired) electrons. The fourth-order valence-electron chi connectivity index (χ4n) is 2.50. The van der Waals surface area contributed by atoms with Gasteiger partial charge in [0, 0.05) is 11.1 Å². The first kappa shape index (κ1) is 15.9. The van der Waals surface area contributed by atoms with Gasteiger partial charge in [-0.15, -0.1) is 0 Å². The number of carbonyl (C=O) groups is 1. The minimum atomic E-state index is -0.428. The van der Waals surface area contributed by atoms with E-state index in [0.717, 1.165) is 27.7 Å². The Morgan fingerprint density at radius 3 is 2.71 bits per heavy atom. The molecule has 2 aromatic carbocycles. The Balaban J connectivity index is 1.77. The van der Waals surface area contributed by atoms with E-state index >= 15 is 0 Å². The second kappa shape index (κ2) is 6.66. The molecule has 0 aliphatic rings. The quantitative estimate of drug-likeness (QED) is 0.769. The summed E-state index contributed by atoms with van der Waals surface area (Å²) in [4.78, 5) is 21.0. The molecule has 0 bridgehead atoms. The van der Waals surface area contributed by atoms with Gasteiger partial charge in [0.25, 0.3) is 0 Å². The Labute approximate surface area is 141 Å². The Morgan fingerprint density at radius 2 is 1.88 bits per heavy atom. The maximum absolute atomic E-state index is 12.5. The van der Waals surface area contributed by atoms with Crippen LogP contribution in [0.1, 0.15) is 18.1 Å². The van der Waals surface area contributed by atoms with Crippen LogP contribution < -0.4 is 10.6 Å². The molecule has 0 aliphatic carbocycles. The van der Waals surface area contributed by atoms with E-state index < -0.39 is 6.04 Å². The van der Waals surface area contributed by atoms with E-state index in [1.165, 1.54) is 6.33 Å². The summed E-state index contributed by atoms with van der Waals surface area (Å²) in [5, 5.41) is 7.04. The number of aromatic nitrogens is 2. The summed E-state index contributed by atoms with van der Waals surface area (Å²) in [6, 6.07) is 13.3. The number of anilines is 2. The first-order chi connectivity index (χ1) is 11.5. The lowest BCUT2D eigenvalue weighted by molar-refractivity contribution is -0.116. The molecule has 1 heterocycles. The van der Waals surface area contributed by atoms with E-state index in [2.05, 4.69) is 20.6 Å². The molecule has 3 rings (SSSR count). The topological polar surface area (TPSA) is 66.9 Å². The van der Waals surface area contributed by atoms with Crippen molar-refractivity contribution in [3.05, 3.63) is 59.9 Å². The normalized spacial score (nSPS) is 12.0. The monoisotopic (exact) mass is 320 g/mol. The van der Waals surface area contributed by atoms with Crippen molar-refractivity contribution in [2.45, 2.75) is 26.8 Å². The van der Waals surface area contributed by atoms with Crippen LogP contribution in [0.5, 0.6) is 0 Å². The number of hydrogen-bond acceptors (Lipinski definition) is 4. The average molecular weight is 320 g/mol. The molecular formula is C19H20N4O. The largest absolute Gasteiger partial charge is 0.358 e. The molecule has 1 amide bonds. The molecule has 2 N–H and O–H groups in total. The van der Waals surface area contributed by atoms with Crippen molar-refractivity contribution in [1.29, 1.82) is 0 Å². The molecule has 0 saturated heterocycles. The Bertz CT molecular complexity index is 886. The number of fused-ring (bicyclic) bond motifs is 1. The summed E-state index contributed by atoms with van der Waals surface area (Å²) in [5.41, 5.74) is 3.82. The minimum absolute atomic E-state index is 0.105. The highest BCUT2D eigenvalue weighted by Crippen LogP contribution is 2.20. The fraction of sp³-hybridized carbons (Fsp3) is 0.211. The third-order valence-electron chi connectivity index (χ3n) is 3.94. The van der Waals surface area contributed by atoms with Gasteiger partial charge < -0.3 is 10.6 Å². The Hall–Kier alpha value is -2.95. The zero-order valence-corrected chi connectivity index (χ0v) is 14.0. The highest BCUT2D eigenvalue weighted by molar-refractivity contribution is 5.98. The van der Waals surface area contributed by atoms with E-state index in [4.69, 9.17) is 0 Å². The molecule has 1 unspecified atom stereocenters. The van der Waals surface area contributed by atoms with E-state index in [1.807, 2.05) is 63.2 Å². The fourth-order valence-corrected chi connectivity index (χ4v) is 2.50. The zero-order chi connectivity index (χ0) is 17.1. The first-order valence-electron chi connectivity index (χ1n) is 7.89. The van der Waals surface area contributed by atoms with Crippen molar-refractivity contribution in [3.63, 3.8) is 0 Å². The van der Waals surface area contributed by atoms with Crippen molar-refractivity contribution < 1.29 is 4.79 Å². The van der Waals surface area contributed by atoms with E-state index in [9.17, 15) is 4.79 Å². The van der Waals surface area contributed by atoms with Gasteiger partial charge >= 0.3 is 0 Å². The second-order valence-corrected chi connectivity index (χ2v) is 5.91.